The summed E-state index contributed by atoms with van der Waals surface area (Å²) in [5.74, 6) is 1.06. The molecule has 1 aromatic heterocycles. The first kappa shape index (κ1) is 18.3. The minimum Gasteiger partial charge on any atom is -0.477 e. The molecule has 24 heavy (non-hydrogen) atoms. The van der Waals surface area contributed by atoms with Crippen LogP contribution < -0.4 is 10.2 Å². The van der Waals surface area contributed by atoms with Crippen molar-refractivity contribution >= 4 is 62.9 Å². The second kappa shape index (κ2) is 8.73. The van der Waals surface area contributed by atoms with E-state index in [9.17, 15) is 10.1 Å². The van der Waals surface area contributed by atoms with Gasteiger partial charge in [-0.25, -0.2) is 4.98 Å². The van der Waals surface area contributed by atoms with Gasteiger partial charge in [0.05, 0.1) is 18.3 Å². The van der Waals surface area contributed by atoms with Gasteiger partial charge in [-0.15, -0.1) is 0 Å². The number of nitriles is 1. The lowest BCUT2D eigenvalue weighted by Gasteiger charge is -2.08. The summed E-state index contributed by atoms with van der Waals surface area (Å²) in [6.07, 6.45) is 2.76. The van der Waals surface area contributed by atoms with Crippen molar-refractivity contribution in [2.24, 2.45) is 5.10 Å². The normalized spacial score (nSPS) is 10.4. The highest BCUT2D eigenvalue weighted by atomic mass is 127. The number of nitrogens with one attached hydrogen (secondary N) is 1. The molecule has 0 saturated heterocycles. The van der Waals surface area contributed by atoms with Crippen molar-refractivity contribution in [3.05, 3.63) is 53.3 Å². The van der Waals surface area contributed by atoms with Gasteiger partial charge in [-0.2, -0.15) is 10.4 Å². The van der Waals surface area contributed by atoms with Crippen molar-refractivity contribution in [3.63, 3.8) is 0 Å². The number of nitrogens with zero attached hydrogens (tertiary/aromatic N) is 4. The number of nitro groups is 1. The molecule has 0 amide bonds. The minimum absolute atomic E-state index is 0.00713. The summed E-state index contributed by atoms with van der Waals surface area (Å²) in [5.41, 5.74) is 3.46. The third-order valence-electron chi connectivity index (χ3n) is 2.65. The van der Waals surface area contributed by atoms with Crippen molar-refractivity contribution in [1.82, 2.24) is 4.98 Å². The van der Waals surface area contributed by atoms with Crippen LogP contribution in [0.2, 0.25) is 0 Å². The third kappa shape index (κ3) is 4.99. The number of ether oxygens (including phenoxy) is 1. The van der Waals surface area contributed by atoms with Gasteiger partial charge in [-0.1, -0.05) is 0 Å². The van der Waals surface area contributed by atoms with Crippen molar-refractivity contribution in [3.8, 4) is 11.8 Å². The lowest BCUT2D eigenvalue weighted by Crippen LogP contribution is -2.00. The molecule has 1 N–H and O–H groups in total. The maximum Gasteiger partial charge on any atom is 0.287 e. The Morgan fingerprint density at radius 2 is 2.12 bits per heavy atom. The minimum atomic E-state index is -0.514. The van der Waals surface area contributed by atoms with E-state index in [1.807, 2.05) is 18.2 Å². The van der Waals surface area contributed by atoms with Crippen LogP contribution in [0.25, 0.3) is 0 Å². The Bertz CT molecular complexity index is 795. The van der Waals surface area contributed by atoms with Gasteiger partial charge in [0, 0.05) is 6.07 Å². The van der Waals surface area contributed by atoms with Crippen LogP contribution in [-0.4, -0.2) is 22.7 Å². The van der Waals surface area contributed by atoms with Crippen molar-refractivity contribution in [2.45, 2.75) is 0 Å². The fourth-order valence-corrected chi connectivity index (χ4v) is 3.76. The molecule has 0 unspecified atom stereocenters. The summed E-state index contributed by atoms with van der Waals surface area (Å²) in [6, 6.07) is 8.48. The maximum atomic E-state index is 10.6. The predicted molar refractivity (Wildman–Crippen MR) is 105 cm³/mol. The summed E-state index contributed by atoms with van der Waals surface area (Å²) >= 11 is 4.25. The molecule has 8 nitrogen and oxygen atoms in total. The zero-order valence-electron chi connectivity index (χ0n) is 11.9. The SMILES string of the molecule is N#CCOc1c(I)cc(/C=N/Nc2ccc([N+](=O)[O-])cn2)cc1I. The Kier molecular flexibility index (Phi) is 6.67. The zero-order valence-corrected chi connectivity index (χ0v) is 16.3. The average Bonchev–Trinajstić information content (AvgIpc) is 2.54. The number of benzene rings is 1. The van der Waals surface area contributed by atoms with Gasteiger partial charge in [-0.05, 0) is 68.9 Å². The van der Waals surface area contributed by atoms with E-state index in [4.69, 9.17) is 10.00 Å². The molecule has 0 aliphatic rings. The third-order valence-corrected chi connectivity index (χ3v) is 4.26. The van der Waals surface area contributed by atoms with Crippen LogP contribution in [0.15, 0.2) is 35.6 Å². The van der Waals surface area contributed by atoms with Crippen LogP contribution in [0.3, 0.4) is 0 Å². The van der Waals surface area contributed by atoms with Gasteiger partial charge in [0.2, 0.25) is 0 Å². The van der Waals surface area contributed by atoms with Crippen LogP contribution in [0, 0.1) is 28.6 Å². The van der Waals surface area contributed by atoms with Gasteiger partial charge in [0.15, 0.2) is 6.61 Å². The van der Waals surface area contributed by atoms with Crippen LogP contribution in [0.4, 0.5) is 11.5 Å². The standard InChI is InChI=1S/C14H9I2N5O3/c15-11-5-9(6-12(16)14(11)24-4-3-17)7-19-20-13-2-1-10(8-18-13)21(22)23/h1-2,5-8H,4H2,(H,18,20)/b19-7+. The smallest absolute Gasteiger partial charge is 0.287 e. The number of rotatable bonds is 6. The van der Waals surface area contributed by atoms with Crippen LogP contribution >= 0.6 is 45.2 Å². The average molecular weight is 549 g/mol. The zero-order chi connectivity index (χ0) is 17.5. The summed E-state index contributed by atoms with van der Waals surface area (Å²) < 4.78 is 7.11. The van der Waals surface area contributed by atoms with E-state index >= 15 is 0 Å². The van der Waals surface area contributed by atoms with Gasteiger partial charge < -0.3 is 4.74 Å². The summed E-state index contributed by atoms with van der Waals surface area (Å²) in [7, 11) is 0. The van der Waals surface area contributed by atoms with Gasteiger partial charge in [0.1, 0.15) is 23.8 Å². The molecule has 2 aromatic rings. The molecule has 0 aliphatic carbocycles. The molecule has 1 heterocycles. The fraction of sp³-hybridized carbons (Fsp3) is 0.0714. The topological polar surface area (TPSA) is 113 Å². The van der Waals surface area contributed by atoms with Gasteiger partial charge >= 0.3 is 0 Å². The molecule has 122 valence electrons. The Morgan fingerprint density at radius 3 is 2.67 bits per heavy atom. The summed E-state index contributed by atoms with van der Waals surface area (Å²) in [5, 5.41) is 23.2. The highest BCUT2D eigenvalue weighted by Crippen LogP contribution is 2.28. The highest BCUT2D eigenvalue weighted by molar-refractivity contribution is 14.1. The largest absolute Gasteiger partial charge is 0.477 e. The van der Waals surface area contributed by atoms with E-state index in [-0.39, 0.29) is 12.3 Å². The number of hydrogen-bond donors (Lipinski definition) is 1. The van der Waals surface area contributed by atoms with Crippen molar-refractivity contribution in [2.75, 3.05) is 12.0 Å². The monoisotopic (exact) mass is 549 g/mol. The Balaban J connectivity index is 2.06. The molecule has 0 atom stereocenters. The predicted octanol–water partition coefficient (Wildman–Crippen LogP) is 3.55. The highest BCUT2D eigenvalue weighted by Gasteiger charge is 2.08. The lowest BCUT2D eigenvalue weighted by atomic mass is 10.2. The van der Waals surface area contributed by atoms with E-state index in [2.05, 4.69) is 60.7 Å². The second-order valence-corrected chi connectivity index (χ2v) is 6.61. The number of aromatic nitrogens is 1. The molecule has 0 radical (unpaired) electrons. The summed E-state index contributed by atoms with van der Waals surface area (Å²) in [4.78, 5) is 13.9. The molecule has 0 fully saturated rings. The maximum absolute atomic E-state index is 10.6. The molecular formula is C14H9I2N5O3. The number of halogens is 2. The molecule has 0 spiro atoms. The first-order valence-corrected chi connectivity index (χ1v) is 8.55. The fourth-order valence-electron chi connectivity index (χ4n) is 1.63. The quantitative estimate of drug-likeness (QED) is 0.256. The van der Waals surface area contributed by atoms with E-state index in [0.29, 0.717) is 11.6 Å². The van der Waals surface area contributed by atoms with Gasteiger partial charge in [0.25, 0.3) is 5.69 Å². The van der Waals surface area contributed by atoms with Gasteiger partial charge in [-0.3, -0.25) is 15.5 Å². The number of hydrogen-bond acceptors (Lipinski definition) is 7. The van der Waals surface area contributed by atoms with Crippen molar-refractivity contribution < 1.29 is 9.66 Å². The molecule has 0 saturated carbocycles. The molecule has 1 aromatic carbocycles. The Morgan fingerprint density at radius 1 is 1.42 bits per heavy atom. The van der Waals surface area contributed by atoms with E-state index in [0.717, 1.165) is 18.9 Å². The first-order chi connectivity index (χ1) is 11.5. The second-order valence-electron chi connectivity index (χ2n) is 4.29. The lowest BCUT2D eigenvalue weighted by molar-refractivity contribution is -0.385. The molecular weight excluding hydrogens is 540 g/mol. The van der Waals surface area contributed by atoms with E-state index < -0.39 is 4.92 Å². The van der Waals surface area contributed by atoms with E-state index in [1.54, 1.807) is 6.21 Å². The molecule has 2 rings (SSSR count). The number of hydrazone groups is 1. The molecule has 0 bridgehead atoms. The van der Waals surface area contributed by atoms with E-state index in [1.165, 1.54) is 12.1 Å². The number of pyridine rings is 1. The van der Waals surface area contributed by atoms with Crippen LogP contribution in [-0.2, 0) is 0 Å². The first-order valence-electron chi connectivity index (χ1n) is 6.39. The summed E-state index contributed by atoms with van der Waals surface area (Å²) in [6.45, 7) is -0.00713. The van der Waals surface area contributed by atoms with Crippen molar-refractivity contribution in [1.29, 1.82) is 5.26 Å². The number of anilines is 1. The molecule has 0 aliphatic heterocycles. The Labute approximate surface area is 164 Å². The van der Waals surface area contributed by atoms with Crippen LogP contribution in [0.1, 0.15) is 5.56 Å². The van der Waals surface area contributed by atoms with Crippen LogP contribution in [0.5, 0.6) is 5.75 Å². The molecule has 10 heteroatoms. The Hall–Kier alpha value is -2.01.